The summed E-state index contributed by atoms with van der Waals surface area (Å²) in [6.07, 6.45) is 2.25. The first-order chi connectivity index (χ1) is 8.96. The number of nitrogens with two attached hydrogens (primary N) is 1. The molecule has 0 saturated heterocycles. The van der Waals surface area contributed by atoms with Crippen LogP contribution in [0.4, 0.5) is 5.69 Å². The van der Waals surface area contributed by atoms with Gasteiger partial charge >= 0.3 is 5.97 Å². The van der Waals surface area contributed by atoms with Crippen molar-refractivity contribution in [2.24, 2.45) is 11.1 Å². The number of rotatable bonds is 5. The summed E-state index contributed by atoms with van der Waals surface area (Å²) in [5.41, 5.74) is 5.54. The van der Waals surface area contributed by atoms with Crippen molar-refractivity contribution in [3.63, 3.8) is 0 Å². The summed E-state index contributed by atoms with van der Waals surface area (Å²) in [7, 11) is 0. The maximum atomic E-state index is 11.4. The molecule has 0 unspecified atom stereocenters. The average molecular weight is 327 g/mol. The van der Waals surface area contributed by atoms with Crippen molar-refractivity contribution in [2.75, 3.05) is 11.9 Å². The number of anilines is 1. The van der Waals surface area contributed by atoms with Crippen LogP contribution in [0.5, 0.6) is 0 Å². The molecule has 4 N–H and O–H groups in total. The molecule has 0 aliphatic heterocycles. The number of primary amides is 1. The zero-order chi connectivity index (χ0) is 14.0. The van der Waals surface area contributed by atoms with E-state index in [-0.39, 0.29) is 0 Å². The van der Waals surface area contributed by atoms with Gasteiger partial charge in [-0.15, -0.1) is 0 Å². The summed E-state index contributed by atoms with van der Waals surface area (Å²) < 4.78 is 0.600. The van der Waals surface area contributed by atoms with Gasteiger partial charge in [-0.2, -0.15) is 0 Å². The van der Waals surface area contributed by atoms with Gasteiger partial charge in [0.15, 0.2) is 0 Å². The number of benzene rings is 1. The fourth-order valence-corrected chi connectivity index (χ4v) is 2.82. The molecule has 0 bridgehead atoms. The van der Waals surface area contributed by atoms with Crippen LogP contribution >= 0.6 is 15.9 Å². The summed E-state index contributed by atoms with van der Waals surface area (Å²) in [5.74, 6) is -1.34. The minimum Gasteiger partial charge on any atom is -0.481 e. The van der Waals surface area contributed by atoms with Gasteiger partial charge in [-0.1, -0.05) is 12.5 Å². The maximum Gasteiger partial charge on any atom is 0.311 e. The number of hydrogen-bond acceptors (Lipinski definition) is 3. The zero-order valence-corrected chi connectivity index (χ0v) is 11.9. The molecule has 0 radical (unpaired) electrons. The number of carboxylic acids is 1. The molecular formula is C13H15BrN2O3. The normalized spacial score (nSPS) is 16.5. The molecule has 19 heavy (non-hydrogen) atoms. The molecule has 0 atom stereocenters. The number of nitrogens with one attached hydrogen (secondary N) is 1. The lowest BCUT2D eigenvalue weighted by Gasteiger charge is -2.38. The third kappa shape index (κ3) is 2.58. The van der Waals surface area contributed by atoms with Crippen molar-refractivity contribution in [3.8, 4) is 0 Å². The minimum absolute atomic E-state index is 0.305. The molecule has 2 rings (SSSR count). The Labute approximate surface area is 119 Å². The van der Waals surface area contributed by atoms with Crippen molar-refractivity contribution in [1.29, 1.82) is 0 Å². The fraction of sp³-hybridized carbons (Fsp3) is 0.385. The van der Waals surface area contributed by atoms with Gasteiger partial charge in [0.1, 0.15) is 0 Å². The van der Waals surface area contributed by atoms with E-state index in [4.69, 9.17) is 5.73 Å². The minimum atomic E-state index is -0.790. The molecule has 1 aromatic rings. The van der Waals surface area contributed by atoms with Gasteiger partial charge in [0, 0.05) is 16.7 Å². The van der Waals surface area contributed by atoms with Crippen LogP contribution in [0.25, 0.3) is 0 Å². The second-order valence-electron chi connectivity index (χ2n) is 4.82. The van der Waals surface area contributed by atoms with E-state index < -0.39 is 17.3 Å². The van der Waals surface area contributed by atoms with E-state index in [0.29, 0.717) is 35.1 Å². The second-order valence-corrected chi connectivity index (χ2v) is 5.67. The largest absolute Gasteiger partial charge is 0.481 e. The molecule has 1 aliphatic rings. The number of carbonyl (C=O) groups is 2. The van der Waals surface area contributed by atoms with E-state index in [1.54, 1.807) is 18.2 Å². The number of amides is 1. The van der Waals surface area contributed by atoms with Gasteiger partial charge in [-0.3, -0.25) is 9.59 Å². The van der Waals surface area contributed by atoms with Gasteiger partial charge in [0.25, 0.3) is 5.91 Å². The molecule has 102 valence electrons. The Bertz CT molecular complexity index is 527. The Morgan fingerprint density at radius 1 is 1.42 bits per heavy atom. The van der Waals surface area contributed by atoms with E-state index in [1.165, 1.54) is 0 Å². The van der Waals surface area contributed by atoms with Gasteiger partial charge in [0.2, 0.25) is 0 Å². The molecular weight excluding hydrogens is 312 g/mol. The van der Waals surface area contributed by atoms with Crippen LogP contribution in [0.3, 0.4) is 0 Å². The van der Waals surface area contributed by atoms with Crippen LogP contribution in [0.15, 0.2) is 22.7 Å². The fourth-order valence-electron chi connectivity index (χ4n) is 2.26. The van der Waals surface area contributed by atoms with Crippen LogP contribution in [0, 0.1) is 5.41 Å². The van der Waals surface area contributed by atoms with Crippen LogP contribution in [0.1, 0.15) is 29.6 Å². The van der Waals surface area contributed by atoms with Crippen molar-refractivity contribution >= 4 is 33.5 Å². The van der Waals surface area contributed by atoms with Crippen LogP contribution < -0.4 is 11.1 Å². The Morgan fingerprint density at radius 2 is 2.11 bits per heavy atom. The summed E-state index contributed by atoms with van der Waals surface area (Å²) in [6, 6.07) is 5.22. The van der Waals surface area contributed by atoms with Gasteiger partial charge in [0.05, 0.1) is 11.0 Å². The lowest BCUT2D eigenvalue weighted by atomic mass is 9.69. The first-order valence-corrected chi connectivity index (χ1v) is 6.81. The van der Waals surface area contributed by atoms with Crippen LogP contribution in [-0.2, 0) is 4.79 Å². The Kier molecular flexibility index (Phi) is 3.80. The predicted octanol–water partition coefficient (Wildman–Crippen LogP) is 2.21. The molecule has 1 saturated carbocycles. The SMILES string of the molecule is NC(=O)c1c(Br)cccc1NCC1(C(=O)O)CCC1. The standard InChI is InChI=1S/C13H15BrN2O3/c14-8-3-1-4-9(10(8)11(15)17)16-7-13(12(18)19)5-2-6-13/h1,3-4,16H,2,5-7H2,(H2,15,17)(H,18,19). The number of carbonyl (C=O) groups excluding carboxylic acids is 1. The van der Waals surface area contributed by atoms with E-state index in [0.717, 1.165) is 6.42 Å². The predicted molar refractivity (Wildman–Crippen MR) is 75.1 cm³/mol. The molecule has 1 fully saturated rings. The highest BCUT2D eigenvalue weighted by molar-refractivity contribution is 9.10. The lowest BCUT2D eigenvalue weighted by Crippen LogP contribution is -2.43. The Morgan fingerprint density at radius 3 is 2.58 bits per heavy atom. The topological polar surface area (TPSA) is 92.4 Å². The Hall–Kier alpha value is -1.56. The molecule has 6 heteroatoms. The molecule has 0 spiro atoms. The van der Waals surface area contributed by atoms with E-state index in [9.17, 15) is 14.7 Å². The molecule has 1 amide bonds. The third-order valence-corrected chi connectivity index (χ3v) is 4.30. The van der Waals surface area contributed by atoms with E-state index >= 15 is 0 Å². The summed E-state index contributed by atoms with van der Waals surface area (Å²) in [5, 5.41) is 12.3. The highest BCUT2D eigenvalue weighted by atomic mass is 79.9. The molecule has 1 aromatic carbocycles. The monoisotopic (exact) mass is 326 g/mol. The third-order valence-electron chi connectivity index (χ3n) is 3.64. The number of aliphatic carboxylic acids is 1. The van der Waals surface area contributed by atoms with E-state index in [1.807, 2.05) is 0 Å². The highest BCUT2D eigenvalue weighted by Crippen LogP contribution is 2.41. The first kappa shape index (κ1) is 13.9. The number of halogens is 1. The second kappa shape index (κ2) is 5.21. The van der Waals surface area contributed by atoms with Crippen molar-refractivity contribution in [2.45, 2.75) is 19.3 Å². The zero-order valence-electron chi connectivity index (χ0n) is 10.3. The van der Waals surface area contributed by atoms with Crippen molar-refractivity contribution in [3.05, 3.63) is 28.2 Å². The molecule has 1 aliphatic carbocycles. The summed E-state index contributed by atoms with van der Waals surface area (Å²) in [4.78, 5) is 22.7. The highest BCUT2D eigenvalue weighted by Gasteiger charge is 2.44. The first-order valence-electron chi connectivity index (χ1n) is 6.02. The molecule has 0 aromatic heterocycles. The van der Waals surface area contributed by atoms with Crippen LogP contribution in [0.2, 0.25) is 0 Å². The Balaban J connectivity index is 2.18. The molecule has 0 heterocycles. The number of carboxylic acid groups (broad SMARTS) is 1. The average Bonchev–Trinajstić information content (AvgIpc) is 2.26. The smallest absolute Gasteiger partial charge is 0.311 e. The van der Waals surface area contributed by atoms with Gasteiger partial charge < -0.3 is 16.2 Å². The summed E-state index contributed by atoms with van der Waals surface area (Å²) in [6.45, 7) is 0.305. The molecule has 5 nitrogen and oxygen atoms in total. The summed E-state index contributed by atoms with van der Waals surface area (Å²) >= 11 is 3.27. The maximum absolute atomic E-state index is 11.4. The number of hydrogen-bond donors (Lipinski definition) is 3. The van der Waals surface area contributed by atoms with Gasteiger partial charge in [-0.25, -0.2) is 0 Å². The lowest BCUT2D eigenvalue weighted by molar-refractivity contribution is -0.153. The van der Waals surface area contributed by atoms with E-state index in [2.05, 4.69) is 21.2 Å². The van der Waals surface area contributed by atoms with Crippen molar-refractivity contribution < 1.29 is 14.7 Å². The van der Waals surface area contributed by atoms with Crippen LogP contribution in [-0.4, -0.2) is 23.5 Å². The quantitative estimate of drug-likeness (QED) is 0.773. The van der Waals surface area contributed by atoms with Gasteiger partial charge in [-0.05, 0) is 40.9 Å². The van der Waals surface area contributed by atoms with Crippen molar-refractivity contribution in [1.82, 2.24) is 0 Å².